The van der Waals surface area contributed by atoms with E-state index in [9.17, 15) is 0 Å². The van der Waals surface area contributed by atoms with Gasteiger partial charge in [0.05, 0.1) is 0 Å². The number of aryl methyl sites for hydroxylation is 1. The maximum Gasteiger partial charge on any atom is 0.171 e. The fourth-order valence-corrected chi connectivity index (χ4v) is 2.43. The lowest BCUT2D eigenvalue weighted by Gasteiger charge is -2.11. The third-order valence-electron chi connectivity index (χ3n) is 3.74. The van der Waals surface area contributed by atoms with Gasteiger partial charge in [-0.2, -0.15) is 0 Å². The molecule has 0 aliphatic heterocycles. The molecule has 3 rings (SSSR count). The Balaban J connectivity index is 1.72. The normalized spacial score (nSPS) is 14.8. The van der Waals surface area contributed by atoms with Gasteiger partial charge in [0.2, 0.25) is 0 Å². The van der Waals surface area contributed by atoms with Gasteiger partial charge in [-0.1, -0.05) is 26.0 Å². The molecule has 20 heavy (non-hydrogen) atoms. The van der Waals surface area contributed by atoms with E-state index in [2.05, 4.69) is 40.7 Å². The highest BCUT2D eigenvalue weighted by molar-refractivity contribution is 5.30. The Bertz CT molecular complexity index is 600. The molecule has 2 aromatic rings. The number of hydrogen-bond acceptors (Lipinski definition) is 3. The summed E-state index contributed by atoms with van der Waals surface area (Å²) in [6.07, 6.45) is 2.46. The average molecular weight is 271 g/mol. The Labute approximate surface area is 119 Å². The Hall–Kier alpha value is -1.84. The molecule has 0 saturated heterocycles. The van der Waals surface area contributed by atoms with E-state index in [0.717, 1.165) is 17.4 Å². The number of benzene rings is 1. The van der Waals surface area contributed by atoms with Gasteiger partial charge in [-0.25, -0.2) is 0 Å². The van der Waals surface area contributed by atoms with Crippen molar-refractivity contribution in [3.05, 3.63) is 41.5 Å². The Morgan fingerprint density at radius 3 is 2.80 bits per heavy atom. The Morgan fingerprint density at radius 2 is 2.10 bits per heavy atom. The van der Waals surface area contributed by atoms with Crippen molar-refractivity contribution in [3.63, 3.8) is 0 Å². The number of rotatable bonds is 5. The van der Waals surface area contributed by atoms with Gasteiger partial charge in [0, 0.05) is 6.04 Å². The van der Waals surface area contributed by atoms with Crippen molar-refractivity contribution in [2.45, 2.75) is 52.2 Å². The van der Waals surface area contributed by atoms with Gasteiger partial charge in [-0.3, -0.25) is 0 Å². The topological polar surface area (TPSA) is 39.9 Å². The highest BCUT2D eigenvalue weighted by Gasteiger charge is 2.28. The van der Waals surface area contributed by atoms with E-state index < -0.39 is 0 Å². The fraction of sp³-hybridized carbons (Fsp3) is 0.500. The number of nitrogens with zero attached hydrogens (tertiary/aromatic N) is 3. The van der Waals surface area contributed by atoms with Crippen LogP contribution in [0, 0.1) is 6.92 Å². The van der Waals surface area contributed by atoms with E-state index in [1.54, 1.807) is 0 Å². The molecule has 0 amide bonds. The smallest absolute Gasteiger partial charge is 0.171 e. The first-order valence-corrected chi connectivity index (χ1v) is 7.28. The summed E-state index contributed by atoms with van der Waals surface area (Å²) in [5.74, 6) is 3.33. The van der Waals surface area contributed by atoms with Crippen molar-refractivity contribution in [2.24, 2.45) is 0 Å². The molecule has 1 aromatic heterocycles. The van der Waals surface area contributed by atoms with Gasteiger partial charge in [-0.15, -0.1) is 10.2 Å². The third-order valence-corrected chi connectivity index (χ3v) is 3.74. The molecule has 1 heterocycles. The maximum absolute atomic E-state index is 5.89. The van der Waals surface area contributed by atoms with Gasteiger partial charge >= 0.3 is 0 Å². The van der Waals surface area contributed by atoms with Crippen molar-refractivity contribution >= 4 is 0 Å². The van der Waals surface area contributed by atoms with Crippen molar-refractivity contribution in [1.29, 1.82) is 0 Å². The van der Waals surface area contributed by atoms with Crippen LogP contribution in [0.25, 0.3) is 0 Å². The number of aromatic nitrogens is 3. The van der Waals surface area contributed by atoms with Crippen LogP contribution in [0.2, 0.25) is 0 Å². The van der Waals surface area contributed by atoms with Crippen LogP contribution in [0.4, 0.5) is 0 Å². The van der Waals surface area contributed by atoms with E-state index in [1.807, 2.05) is 19.1 Å². The number of hydrogen-bond donors (Lipinski definition) is 0. The van der Waals surface area contributed by atoms with Crippen molar-refractivity contribution in [1.82, 2.24) is 14.8 Å². The van der Waals surface area contributed by atoms with Crippen molar-refractivity contribution < 1.29 is 4.74 Å². The first-order chi connectivity index (χ1) is 9.65. The minimum atomic E-state index is 0.485. The third kappa shape index (κ3) is 2.69. The van der Waals surface area contributed by atoms with Crippen LogP contribution in [0.3, 0.4) is 0 Å². The standard InChI is InChI=1S/C16H21N3O/c1-11(2)13-5-4-6-15(9-13)20-10-16-18-17-12(3)19(16)14-7-8-14/h4-6,9,11,14H,7-8,10H2,1-3H3. The summed E-state index contributed by atoms with van der Waals surface area (Å²) < 4.78 is 8.11. The molecule has 1 aliphatic rings. The van der Waals surface area contributed by atoms with Gasteiger partial charge < -0.3 is 9.30 Å². The molecule has 1 saturated carbocycles. The molecular weight excluding hydrogens is 250 g/mol. The van der Waals surface area contributed by atoms with Crippen molar-refractivity contribution in [3.8, 4) is 5.75 Å². The zero-order valence-electron chi connectivity index (χ0n) is 12.3. The molecule has 0 spiro atoms. The van der Waals surface area contributed by atoms with Gasteiger partial charge in [-0.05, 0) is 43.4 Å². The first kappa shape index (κ1) is 13.2. The highest BCUT2D eigenvalue weighted by atomic mass is 16.5. The molecule has 1 aliphatic carbocycles. The van der Waals surface area contributed by atoms with Crippen LogP contribution in [0.1, 0.15) is 55.9 Å². The summed E-state index contributed by atoms with van der Waals surface area (Å²) in [5.41, 5.74) is 1.29. The average Bonchev–Trinajstić information content (AvgIpc) is 3.20. The molecule has 4 nitrogen and oxygen atoms in total. The maximum atomic E-state index is 5.89. The second-order valence-corrected chi connectivity index (χ2v) is 5.78. The lowest BCUT2D eigenvalue weighted by Crippen LogP contribution is -2.07. The van der Waals surface area contributed by atoms with E-state index in [0.29, 0.717) is 18.6 Å². The molecule has 1 fully saturated rings. The Morgan fingerprint density at radius 1 is 1.30 bits per heavy atom. The van der Waals surface area contributed by atoms with E-state index >= 15 is 0 Å². The molecule has 0 atom stereocenters. The van der Waals surface area contributed by atoms with Crippen LogP contribution in [-0.4, -0.2) is 14.8 Å². The predicted octanol–water partition coefficient (Wildman–Crippen LogP) is 3.62. The van der Waals surface area contributed by atoms with Crippen molar-refractivity contribution in [2.75, 3.05) is 0 Å². The summed E-state index contributed by atoms with van der Waals surface area (Å²) in [7, 11) is 0. The summed E-state index contributed by atoms with van der Waals surface area (Å²) in [4.78, 5) is 0. The molecule has 106 valence electrons. The van der Waals surface area contributed by atoms with E-state index in [-0.39, 0.29) is 0 Å². The monoisotopic (exact) mass is 271 g/mol. The van der Waals surface area contributed by atoms with Crippen LogP contribution in [-0.2, 0) is 6.61 Å². The van der Waals surface area contributed by atoms with Crippen LogP contribution in [0.15, 0.2) is 24.3 Å². The van der Waals surface area contributed by atoms with E-state index in [4.69, 9.17) is 4.74 Å². The lowest BCUT2D eigenvalue weighted by atomic mass is 10.0. The van der Waals surface area contributed by atoms with Gasteiger partial charge in [0.25, 0.3) is 0 Å². The second-order valence-electron chi connectivity index (χ2n) is 5.78. The minimum Gasteiger partial charge on any atom is -0.486 e. The molecule has 0 radical (unpaired) electrons. The van der Waals surface area contributed by atoms with Gasteiger partial charge in [0.15, 0.2) is 5.82 Å². The molecule has 1 aromatic carbocycles. The first-order valence-electron chi connectivity index (χ1n) is 7.28. The van der Waals surface area contributed by atoms with Crippen LogP contribution < -0.4 is 4.74 Å². The zero-order valence-corrected chi connectivity index (χ0v) is 12.3. The molecular formula is C16H21N3O. The zero-order chi connectivity index (χ0) is 14.1. The molecule has 4 heteroatoms. The minimum absolute atomic E-state index is 0.485. The highest BCUT2D eigenvalue weighted by Crippen LogP contribution is 2.36. The quantitative estimate of drug-likeness (QED) is 0.833. The largest absolute Gasteiger partial charge is 0.486 e. The molecule has 0 unspecified atom stereocenters. The van der Waals surface area contributed by atoms with Gasteiger partial charge in [0.1, 0.15) is 18.2 Å². The lowest BCUT2D eigenvalue weighted by molar-refractivity contribution is 0.288. The van der Waals surface area contributed by atoms with E-state index in [1.165, 1.54) is 18.4 Å². The van der Waals surface area contributed by atoms with Crippen LogP contribution in [0.5, 0.6) is 5.75 Å². The van der Waals surface area contributed by atoms with Crippen LogP contribution >= 0.6 is 0 Å². The summed E-state index contributed by atoms with van der Waals surface area (Å²) >= 11 is 0. The second kappa shape index (κ2) is 5.27. The molecule has 0 N–H and O–H groups in total. The number of ether oxygens (including phenoxy) is 1. The SMILES string of the molecule is Cc1nnc(COc2cccc(C(C)C)c2)n1C1CC1. The summed E-state index contributed by atoms with van der Waals surface area (Å²) in [6, 6.07) is 8.87. The summed E-state index contributed by atoms with van der Waals surface area (Å²) in [6.45, 7) is 6.87. The summed E-state index contributed by atoms with van der Waals surface area (Å²) in [5, 5.41) is 8.41. The Kier molecular flexibility index (Phi) is 3.47. The predicted molar refractivity (Wildman–Crippen MR) is 77.9 cm³/mol. The fourth-order valence-electron chi connectivity index (χ4n) is 2.43. The molecule has 0 bridgehead atoms.